The molecule has 6 rings (SSSR count). The van der Waals surface area contributed by atoms with Crippen LogP contribution in [0.1, 0.15) is 69.3 Å². The number of aryl methyl sites for hydroxylation is 1. The number of likely N-dealkylation sites (tertiary alicyclic amines) is 2. The minimum absolute atomic E-state index is 0.122. The lowest BCUT2D eigenvalue weighted by molar-refractivity contribution is 0.0126. The van der Waals surface area contributed by atoms with Gasteiger partial charge in [-0.15, -0.1) is 0 Å². The van der Waals surface area contributed by atoms with Crippen LogP contribution in [0.2, 0.25) is 0 Å². The quantitative estimate of drug-likeness (QED) is 0.545. The fraction of sp³-hybridized carbons (Fsp3) is 0.667. The number of ether oxygens (including phenoxy) is 2. The number of sulfone groups is 1. The van der Waals surface area contributed by atoms with Gasteiger partial charge in [0.2, 0.25) is 0 Å². The van der Waals surface area contributed by atoms with E-state index in [0.29, 0.717) is 36.6 Å². The summed E-state index contributed by atoms with van der Waals surface area (Å²) in [5, 5.41) is 3.49. The molecule has 2 aromatic heterocycles. The van der Waals surface area contributed by atoms with Gasteiger partial charge in [-0.3, -0.25) is 4.98 Å². The summed E-state index contributed by atoms with van der Waals surface area (Å²) in [6, 6.07) is 2.59. The summed E-state index contributed by atoms with van der Waals surface area (Å²) in [6.07, 6.45) is 5.31. The molecule has 0 radical (unpaired) electrons. The van der Waals surface area contributed by atoms with Crippen molar-refractivity contribution in [2.75, 3.05) is 61.0 Å². The van der Waals surface area contributed by atoms with Crippen LogP contribution in [0.4, 0.5) is 22.1 Å². The highest BCUT2D eigenvalue weighted by Crippen LogP contribution is 2.40. The fourth-order valence-corrected chi connectivity index (χ4v) is 7.78. The summed E-state index contributed by atoms with van der Waals surface area (Å²) in [4.78, 5) is 32.9. The highest BCUT2D eigenvalue weighted by atomic mass is 32.2. The number of pyridine rings is 1. The normalized spacial score (nSPS) is 21.7. The summed E-state index contributed by atoms with van der Waals surface area (Å²) >= 11 is 0. The standard InChI is InChI=1S/C30H43N7O5S/c1-20-26-25(34-27-23(18-41-26)28(32-19-31-27)36-13-15-43(39,40)16-14-36)17-24(33-20)21-5-9-35(10-6-21)22-7-11-37(12-8-22)29(38)42-30(2,3)4/h17,19,21-22H,5-16,18H2,1-4H3,(H,31,32,34). The van der Waals surface area contributed by atoms with E-state index in [0.717, 1.165) is 80.3 Å². The van der Waals surface area contributed by atoms with Gasteiger partial charge in [-0.25, -0.2) is 23.2 Å². The molecule has 3 saturated heterocycles. The second kappa shape index (κ2) is 11.7. The molecule has 0 aromatic carbocycles. The van der Waals surface area contributed by atoms with Gasteiger partial charge < -0.3 is 29.5 Å². The molecule has 13 heteroatoms. The second-order valence-electron chi connectivity index (χ2n) is 13.1. The van der Waals surface area contributed by atoms with E-state index in [9.17, 15) is 13.2 Å². The van der Waals surface area contributed by atoms with E-state index < -0.39 is 15.4 Å². The van der Waals surface area contributed by atoms with Crippen molar-refractivity contribution >= 4 is 33.3 Å². The number of aromatic nitrogens is 3. The highest BCUT2D eigenvalue weighted by molar-refractivity contribution is 7.91. The minimum atomic E-state index is -3.00. The van der Waals surface area contributed by atoms with Crippen LogP contribution < -0.4 is 15.0 Å². The van der Waals surface area contributed by atoms with Crippen molar-refractivity contribution in [1.29, 1.82) is 0 Å². The van der Waals surface area contributed by atoms with Crippen molar-refractivity contribution in [2.24, 2.45) is 0 Å². The van der Waals surface area contributed by atoms with Gasteiger partial charge in [-0.1, -0.05) is 0 Å². The number of anilines is 3. The molecule has 234 valence electrons. The van der Waals surface area contributed by atoms with Gasteiger partial charge in [-0.2, -0.15) is 0 Å². The SMILES string of the molecule is Cc1nc(C2CCN(C3CCN(C(=O)OC(C)(C)C)CC3)CC2)cc2c1OCc1c(ncnc1N1CCS(=O)(=O)CC1)N2. The maximum atomic E-state index is 12.5. The predicted octanol–water partition coefficient (Wildman–Crippen LogP) is 3.63. The maximum absolute atomic E-state index is 12.5. The Morgan fingerprint density at radius 1 is 1.02 bits per heavy atom. The van der Waals surface area contributed by atoms with E-state index >= 15 is 0 Å². The van der Waals surface area contributed by atoms with Crippen LogP contribution in [-0.2, 0) is 21.2 Å². The molecule has 1 N–H and O–H groups in total. The Morgan fingerprint density at radius 2 is 1.72 bits per heavy atom. The summed E-state index contributed by atoms with van der Waals surface area (Å²) in [5.41, 5.74) is 3.10. The van der Waals surface area contributed by atoms with Crippen LogP contribution in [-0.4, -0.2) is 102 Å². The largest absolute Gasteiger partial charge is 0.485 e. The monoisotopic (exact) mass is 613 g/mol. The van der Waals surface area contributed by atoms with Crippen molar-refractivity contribution in [3.05, 3.63) is 29.3 Å². The Hall–Kier alpha value is -3.19. The van der Waals surface area contributed by atoms with E-state index in [1.807, 2.05) is 37.5 Å². The zero-order valence-electron chi connectivity index (χ0n) is 25.6. The third kappa shape index (κ3) is 6.67. The molecule has 43 heavy (non-hydrogen) atoms. The number of nitrogens with zero attached hydrogens (tertiary/aromatic N) is 6. The molecule has 4 aliphatic heterocycles. The zero-order chi connectivity index (χ0) is 30.4. The van der Waals surface area contributed by atoms with Crippen molar-refractivity contribution < 1.29 is 22.7 Å². The molecule has 2 aromatic rings. The predicted molar refractivity (Wildman–Crippen MR) is 164 cm³/mol. The minimum Gasteiger partial charge on any atom is -0.485 e. The first kappa shape index (κ1) is 29.9. The van der Waals surface area contributed by atoms with Crippen molar-refractivity contribution in [3.63, 3.8) is 0 Å². The number of rotatable bonds is 3. The molecule has 0 unspecified atom stereocenters. The Kier molecular flexibility index (Phi) is 8.14. The van der Waals surface area contributed by atoms with E-state index in [-0.39, 0.29) is 24.2 Å². The Morgan fingerprint density at radius 3 is 2.40 bits per heavy atom. The number of carbonyl (C=O) groups is 1. The average molecular weight is 614 g/mol. The number of amides is 1. The topological polar surface area (TPSA) is 130 Å². The van der Waals surface area contributed by atoms with Crippen molar-refractivity contribution in [2.45, 2.75) is 77.5 Å². The molecule has 12 nitrogen and oxygen atoms in total. The van der Waals surface area contributed by atoms with Gasteiger partial charge in [0.15, 0.2) is 15.6 Å². The number of hydrogen-bond acceptors (Lipinski definition) is 11. The molecule has 0 spiro atoms. The Labute approximate surface area is 254 Å². The van der Waals surface area contributed by atoms with E-state index in [2.05, 4.69) is 26.3 Å². The first-order valence-electron chi connectivity index (χ1n) is 15.4. The van der Waals surface area contributed by atoms with Crippen LogP contribution in [0.15, 0.2) is 12.4 Å². The molecule has 6 heterocycles. The first-order valence-corrected chi connectivity index (χ1v) is 17.2. The van der Waals surface area contributed by atoms with E-state index in [1.54, 1.807) is 0 Å². The Bertz CT molecular complexity index is 1450. The van der Waals surface area contributed by atoms with Crippen LogP contribution >= 0.6 is 0 Å². The average Bonchev–Trinajstić information content (AvgIpc) is 3.16. The van der Waals surface area contributed by atoms with Gasteiger partial charge in [0.25, 0.3) is 0 Å². The third-order valence-electron chi connectivity index (χ3n) is 8.92. The molecule has 4 aliphatic rings. The lowest BCUT2D eigenvalue weighted by Crippen LogP contribution is -2.49. The van der Waals surface area contributed by atoms with Crippen LogP contribution in [0.5, 0.6) is 5.75 Å². The van der Waals surface area contributed by atoms with Crippen molar-refractivity contribution in [1.82, 2.24) is 24.8 Å². The number of hydrogen-bond donors (Lipinski definition) is 1. The van der Waals surface area contributed by atoms with E-state index in [4.69, 9.17) is 14.5 Å². The van der Waals surface area contributed by atoms with Gasteiger partial charge in [0, 0.05) is 43.8 Å². The molecule has 3 fully saturated rings. The lowest BCUT2D eigenvalue weighted by Gasteiger charge is -2.41. The Balaban J connectivity index is 1.09. The van der Waals surface area contributed by atoms with Gasteiger partial charge in [-0.05, 0) is 72.5 Å². The molecular formula is C30H43N7O5S. The van der Waals surface area contributed by atoms with Gasteiger partial charge >= 0.3 is 6.09 Å². The summed E-state index contributed by atoms with van der Waals surface area (Å²) < 4.78 is 35.8. The highest BCUT2D eigenvalue weighted by Gasteiger charge is 2.33. The van der Waals surface area contributed by atoms with Gasteiger partial charge in [0.05, 0.1) is 28.5 Å². The zero-order valence-corrected chi connectivity index (χ0v) is 26.5. The molecule has 0 saturated carbocycles. The number of carbonyl (C=O) groups excluding carboxylic acids is 1. The number of fused-ring (bicyclic) bond motifs is 2. The summed E-state index contributed by atoms with van der Waals surface area (Å²) in [5.74, 6) is 2.70. The molecule has 0 bridgehead atoms. The maximum Gasteiger partial charge on any atom is 0.410 e. The molecular weight excluding hydrogens is 570 g/mol. The van der Waals surface area contributed by atoms with Crippen LogP contribution in [0, 0.1) is 6.92 Å². The molecule has 0 aliphatic carbocycles. The smallest absolute Gasteiger partial charge is 0.410 e. The first-order chi connectivity index (χ1) is 20.5. The van der Waals surface area contributed by atoms with Gasteiger partial charge in [0.1, 0.15) is 30.2 Å². The second-order valence-corrected chi connectivity index (χ2v) is 15.4. The molecule has 0 atom stereocenters. The molecule has 1 amide bonds. The van der Waals surface area contributed by atoms with Crippen LogP contribution in [0.25, 0.3) is 0 Å². The third-order valence-corrected chi connectivity index (χ3v) is 10.5. The number of nitrogens with one attached hydrogen (secondary N) is 1. The van der Waals surface area contributed by atoms with Crippen molar-refractivity contribution in [3.8, 4) is 5.75 Å². The summed E-state index contributed by atoms with van der Waals surface area (Å²) in [7, 11) is -3.00. The van der Waals surface area contributed by atoms with E-state index in [1.165, 1.54) is 6.33 Å². The number of piperidine rings is 2. The fourth-order valence-electron chi connectivity index (χ4n) is 6.58. The summed E-state index contributed by atoms with van der Waals surface area (Å²) in [6.45, 7) is 12.3. The lowest BCUT2D eigenvalue weighted by atomic mass is 9.90. The van der Waals surface area contributed by atoms with Crippen LogP contribution in [0.3, 0.4) is 0 Å².